The number of nitrogens with one attached hydrogen (secondary N) is 1. The topological polar surface area (TPSA) is 21.3 Å². The summed E-state index contributed by atoms with van der Waals surface area (Å²) in [5.41, 5.74) is 1.26. The van der Waals surface area contributed by atoms with E-state index < -0.39 is 0 Å². The van der Waals surface area contributed by atoms with Gasteiger partial charge in [-0.3, -0.25) is 0 Å². The van der Waals surface area contributed by atoms with Crippen LogP contribution in [0.1, 0.15) is 39.3 Å². The van der Waals surface area contributed by atoms with Crippen LogP contribution in [0.3, 0.4) is 0 Å². The van der Waals surface area contributed by atoms with E-state index >= 15 is 0 Å². The van der Waals surface area contributed by atoms with Crippen LogP contribution in [0, 0.1) is 5.92 Å². The highest BCUT2D eigenvalue weighted by molar-refractivity contribution is 8.00. The zero-order valence-electron chi connectivity index (χ0n) is 12.3. The Morgan fingerprint density at radius 2 is 1.83 bits per heavy atom. The molecule has 1 N–H and O–H groups in total. The van der Waals surface area contributed by atoms with Gasteiger partial charge in [-0.1, -0.05) is 26.8 Å². The van der Waals surface area contributed by atoms with E-state index in [1.54, 1.807) is 7.11 Å². The Kier molecular flexibility index (Phi) is 6.03. The van der Waals surface area contributed by atoms with Crippen LogP contribution in [0.25, 0.3) is 0 Å². The maximum atomic E-state index is 5.50. The van der Waals surface area contributed by atoms with Crippen LogP contribution in [0.4, 0.5) is 0 Å². The van der Waals surface area contributed by atoms with Crippen molar-refractivity contribution in [1.29, 1.82) is 0 Å². The lowest BCUT2D eigenvalue weighted by Gasteiger charge is -2.22. The summed E-state index contributed by atoms with van der Waals surface area (Å²) in [6.45, 7) is 8.97. The fourth-order valence-corrected chi connectivity index (χ4v) is 2.95. The Hall–Kier alpha value is -0.670. The van der Waals surface area contributed by atoms with Gasteiger partial charge in [-0.05, 0) is 32.0 Å². The van der Waals surface area contributed by atoms with Crippen molar-refractivity contribution in [2.75, 3.05) is 14.2 Å². The monoisotopic (exact) mass is 267 g/mol. The van der Waals surface area contributed by atoms with Crippen molar-refractivity contribution in [1.82, 2.24) is 5.32 Å². The van der Waals surface area contributed by atoms with E-state index in [-0.39, 0.29) is 0 Å². The molecule has 2 nitrogen and oxygen atoms in total. The lowest BCUT2D eigenvalue weighted by atomic mass is 10.1. The van der Waals surface area contributed by atoms with Crippen molar-refractivity contribution >= 4 is 11.8 Å². The third-order valence-electron chi connectivity index (χ3n) is 3.36. The Morgan fingerprint density at radius 3 is 2.33 bits per heavy atom. The molecule has 0 aliphatic carbocycles. The summed E-state index contributed by atoms with van der Waals surface area (Å²) in [6, 6.07) is 6.59. The first-order valence-corrected chi connectivity index (χ1v) is 7.40. The largest absolute Gasteiger partial charge is 0.496 e. The van der Waals surface area contributed by atoms with E-state index in [2.05, 4.69) is 45.1 Å². The van der Waals surface area contributed by atoms with Gasteiger partial charge < -0.3 is 10.1 Å². The molecule has 1 rings (SSSR count). The predicted octanol–water partition coefficient (Wildman–Crippen LogP) is 4.11. The molecule has 0 saturated heterocycles. The van der Waals surface area contributed by atoms with Gasteiger partial charge in [0.15, 0.2) is 0 Å². The van der Waals surface area contributed by atoms with Gasteiger partial charge >= 0.3 is 0 Å². The Labute approximate surface area is 116 Å². The van der Waals surface area contributed by atoms with Gasteiger partial charge in [0.05, 0.1) is 7.11 Å². The molecule has 0 amide bonds. The first-order chi connectivity index (χ1) is 8.51. The highest BCUT2D eigenvalue weighted by Crippen LogP contribution is 2.38. The van der Waals surface area contributed by atoms with Crippen LogP contribution in [0.5, 0.6) is 5.75 Å². The van der Waals surface area contributed by atoms with Gasteiger partial charge in [-0.15, -0.1) is 11.8 Å². The number of thioether (sulfide) groups is 1. The van der Waals surface area contributed by atoms with E-state index in [0.29, 0.717) is 17.2 Å². The molecule has 102 valence electrons. The molecule has 3 heteroatoms. The summed E-state index contributed by atoms with van der Waals surface area (Å²) in [5.74, 6) is 1.64. The average Bonchev–Trinajstić information content (AvgIpc) is 2.37. The predicted molar refractivity (Wildman–Crippen MR) is 80.6 cm³/mol. The van der Waals surface area contributed by atoms with Crippen LogP contribution < -0.4 is 10.1 Å². The molecule has 0 spiro atoms. The molecular weight excluding hydrogens is 242 g/mol. The summed E-state index contributed by atoms with van der Waals surface area (Å²) < 4.78 is 5.50. The lowest BCUT2D eigenvalue weighted by Crippen LogP contribution is -2.15. The molecule has 1 aromatic rings. The van der Waals surface area contributed by atoms with Gasteiger partial charge in [0, 0.05) is 21.8 Å². The van der Waals surface area contributed by atoms with E-state index in [1.807, 2.05) is 24.9 Å². The maximum Gasteiger partial charge on any atom is 0.124 e. The second-order valence-corrected chi connectivity index (χ2v) is 6.37. The minimum atomic E-state index is 0.294. The number of hydrogen-bond acceptors (Lipinski definition) is 3. The number of rotatable bonds is 6. The smallest absolute Gasteiger partial charge is 0.124 e. The van der Waals surface area contributed by atoms with Gasteiger partial charge in [0.2, 0.25) is 0 Å². The molecule has 0 aliphatic rings. The van der Waals surface area contributed by atoms with Crippen LogP contribution in [-0.4, -0.2) is 19.4 Å². The van der Waals surface area contributed by atoms with Crippen LogP contribution in [0.2, 0.25) is 0 Å². The van der Waals surface area contributed by atoms with Crippen LogP contribution >= 0.6 is 11.8 Å². The Bertz CT molecular complexity index is 379. The third kappa shape index (κ3) is 3.66. The molecule has 0 saturated carbocycles. The van der Waals surface area contributed by atoms with Gasteiger partial charge in [-0.25, -0.2) is 0 Å². The van der Waals surface area contributed by atoms with Crippen molar-refractivity contribution in [3.05, 3.63) is 23.8 Å². The number of benzene rings is 1. The van der Waals surface area contributed by atoms with E-state index in [1.165, 1.54) is 10.5 Å². The zero-order valence-corrected chi connectivity index (χ0v) is 13.1. The summed E-state index contributed by atoms with van der Waals surface area (Å²) in [6.07, 6.45) is 0. The number of ether oxygens (including phenoxy) is 1. The molecule has 1 aromatic carbocycles. The second kappa shape index (κ2) is 7.05. The summed E-state index contributed by atoms with van der Waals surface area (Å²) in [4.78, 5) is 1.32. The van der Waals surface area contributed by atoms with Crippen LogP contribution in [-0.2, 0) is 0 Å². The average molecular weight is 267 g/mol. The molecule has 0 fully saturated rings. The zero-order chi connectivity index (χ0) is 13.7. The van der Waals surface area contributed by atoms with Crippen LogP contribution in [0.15, 0.2) is 23.1 Å². The van der Waals surface area contributed by atoms with E-state index in [4.69, 9.17) is 4.74 Å². The summed E-state index contributed by atoms with van der Waals surface area (Å²) >= 11 is 1.93. The quantitative estimate of drug-likeness (QED) is 0.784. The lowest BCUT2D eigenvalue weighted by molar-refractivity contribution is 0.401. The van der Waals surface area contributed by atoms with Crippen molar-refractivity contribution in [2.45, 2.75) is 43.9 Å². The molecular formula is C15H25NOS. The fourth-order valence-electron chi connectivity index (χ4n) is 1.71. The van der Waals surface area contributed by atoms with Crippen molar-refractivity contribution in [3.63, 3.8) is 0 Å². The summed E-state index contributed by atoms with van der Waals surface area (Å²) in [7, 11) is 3.72. The minimum absolute atomic E-state index is 0.294. The highest BCUT2D eigenvalue weighted by Gasteiger charge is 2.18. The molecule has 18 heavy (non-hydrogen) atoms. The van der Waals surface area contributed by atoms with Gasteiger partial charge in [0.1, 0.15) is 5.75 Å². The highest BCUT2D eigenvalue weighted by atomic mass is 32.2. The standard InChI is InChI=1S/C15H25NOS/c1-10(2)12(4)18-14-9-7-8-13(17-6)15(14)11(3)16-5/h7-12,16H,1-6H3. The van der Waals surface area contributed by atoms with Crippen molar-refractivity contribution < 1.29 is 4.74 Å². The normalized spacial score (nSPS) is 14.6. The van der Waals surface area contributed by atoms with Crippen molar-refractivity contribution in [2.24, 2.45) is 5.92 Å². The first-order valence-electron chi connectivity index (χ1n) is 6.52. The molecule has 2 unspecified atom stereocenters. The molecule has 0 aliphatic heterocycles. The first kappa shape index (κ1) is 15.4. The number of hydrogen-bond donors (Lipinski definition) is 1. The van der Waals surface area contributed by atoms with Crippen molar-refractivity contribution in [3.8, 4) is 5.75 Å². The van der Waals surface area contributed by atoms with Gasteiger partial charge in [-0.2, -0.15) is 0 Å². The SMILES string of the molecule is CNC(C)c1c(OC)cccc1SC(C)C(C)C. The van der Waals surface area contributed by atoms with E-state index in [0.717, 1.165) is 5.75 Å². The molecule has 0 bridgehead atoms. The van der Waals surface area contributed by atoms with E-state index in [9.17, 15) is 0 Å². The van der Waals surface area contributed by atoms with Gasteiger partial charge in [0.25, 0.3) is 0 Å². The Morgan fingerprint density at radius 1 is 1.17 bits per heavy atom. The maximum absolute atomic E-state index is 5.50. The molecule has 0 aromatic heterocycles. The second-order valence-electron chi connectivity index (χ2n) is 4.95. The minimum Gasteiger partial charge on any atom is -0.496 e. The molecule has 0 heterocycles. The number of methoxy groups -OCH3 is 1. The fraction of sp³-hybridized carbons (Fsp3) is 0.600. The third-order valence-corrected chi connectivity index (χ3v) is 4.89. The Balaban J connectivity index is 3.10. The summed E-state index contributed by atoms with van der Waals surface area (Å²) in [5, 5.41) is 3.90. The molecule has 0 radical (unpaired) electrons. The molecule has 2 atom stereocenters.